The van der Waals surface area contributed by atoms with Crippen LogP contribution in [-0.4, -0.2) is 52.4 Å². The first kappa shape index (κ1) is 13.8. The van der Waals surface area contributed by atoms with E-state index in [2.05, 4.69) is 0 Å². The normalized spacial score (nSPS) is 25.5. The molecule has 6 nitrogen and oxygen atoms in total. The zero-order chi connectivity index (χ0) is 15.1. The number of aliphatic carboxylic acids is 1. The number of imide groups is 1. The molecule has 1 fully saturated rings. The van der Waals surface area contributed by atoms with Crippen molar-refractivity contribution in [1.29, 1.82) is 0 Å². The lowest BCUT2D eigenvalue weighted by Crippen LogP contribution is -2.40. The molecule has 1 saturated heterocycles. The van der Waals surface area contributed by atoms with Crippen LogP contribution in [0, 0.1) is 11.8 Å². The number of benzene rings is 1. The minimum absolute atomic E-state index is 0.0117. The van der Waals surface area contributed by atoms with Gasteiger partial charge < -0.3 is 5.11 Å². The van der Waals surface area contributed by atoms with Gasteiger partial charge in [-0.05, 0) is 18.1 Å². The lowest BCUT2D eigenvalue weighted by atomic mass is 9.99. The number of amides is 2. The van der Waals surface area contributed by atoms with Gasteiger partial charge in [0.25, 0.3) is 11.8 Å². The van der Waals surface area contributed by atoms with Crippen LogP contribution in [0.2, 0.25) is 0 Å². The summed E-state index contributed by atoms with van der Waals surface area (Å²) in [6.45, 7) is 2.97. The van der Waals surface area contributed by atoms with E-state index < -0.39 is 11.9 Å². The van der Waals surface area contributed by atoms with Gasteiger partial charge in [-0.25, -0.2) is 0 Å². The summed E-state index contributed by atoms with van der Waals surface area (Å²) < 4.78 is 0. The number of hydrogen-bond donors (Lipinski definition) is 1. The van der Waals surface area contributed by atoms with Gasteiger partial charge in [0.05, 0.1) is 23.7 Å². The quantitative estimate of drug-likeness (QED) is 0.836. The molecule has 1 N–H and O–H groups in total. The maximum atomic E-state index is 12.3. The second-order valence-electron chi connectivity index (χ2n) is 5.68. The Morgan fingerprint density at radius 3 is 2.24 bits per heavy atom. The SMILES string of the molecule is CC1CN(CN2C(=O)c3ccccc3C2=O)CC1C(=O)O. The van der Waals surface area contributed by atoms with Crippen molar-refractivity contribution >= 4 is 17.8 Å². The zero-order valence-corrected chi connectivity index (χ0v) is 11.7. The average Bonchev–Trinajstić information content (AvgIpc) is 2.94. The summed E-state index contributed by atoms with van der Waals surface area (Å²) in [5.74, 6) is -1.87. The molecule has 1 aromatic rings. The fourth-order valence-electron chi connectivity index (χ4n) is 3.07. The molecule has 1 aromatic carbocycles. The van der Waals surface area contributed by atoms with E-state index in [0.717, 1.165) is 0 Å². The van der Waals surface area contributed by atoms with Gasteiger partial charge in [-0.3, -0.25) is 24.2 Å². The van der Waals surface area contributed by atoms with Crippen LogP contribution in [0.1, 0.15) is 27.6 Å². The Hall–Kier alpha value is -2.21. The van der Waals surface area contributed by atoms with Crippen molar-refractivity contribution in [2.75, 3.05) is 19.8 Å². The van der Waals surface area contributed by atoms with Crippen molar-refractivity contribution in [2.24, 2.45) is 11.8 Å². The monoisotopic (exact) mass is 288 g/mol. The molecule has 0 bridgehead atoms. The van der Waals surface area contributed by atoms with Gasteiger partial charge in [-0.1, -0.05) is 19.1 Å². The third-order valence-electron chi connectivity index (χ3n) is 4.22. The lowest BCUT2D eigenvalue weighted by Gasteiger charge is -2.22. The number of carbonyl (C=O) groups excluding carboxylic acids is 2. The molecular weight excluding hydrogens is 272 g/mol. The van der Waals surface area contributed by atoms with Crippen LogP contribution < -0.4 is 0 Å². The smallest absolute Gasteiger partial charge is 0.308 e. The van der Waals surface area contributed by atoms with Crippen molar-refractivity contribution in [3.63, 3.8) is 0 Å². The second kappa shape index (κ2) is 4.96. The molecule has 0 aliphatic carbocycles. The fourth-order valence-corrected chi connectivity index (χ4v) is 3.07. The van der Waals surface area contributed by atoms with Crippen molar-refractivity contribution in [3.05, 3.63) is 35.4 Å². The standard InChI is InChI=1S/C15H16N2O4/c1-9-6-16(7-12(9)15(20)21)8-17-13(18)10-4-2-3-5-11(10)14(17)19/h2-5,9,12H,6-8H2,1H3,(H,20,21). The van der Waals surface area contributed by atoms with E-state index in [1.807, 2.05) is 11.8 Å². The Labute approximate surface area is 122 Å². The number of carboxylic acid groups (broad SMARTS) is 1. The molecule has 6 heteroatoms. The Morgan fingerprint density at radius 2 is 1.76 bits per heavy atom. The van der Waals surface area contributed by atoms with Gasteiger partial charge in [0, 0.05) is 13.1 Å². The first-order valence-electron chi connectivity index (χ1n) is 6.89. The van der Waals surface area contributed by atoms with Crippen LogP contribution >= 0.6 is 0 Å². The predicted molar refractivity (Wildman–Crippen MR) is 73.7 cm³/mol. The topological polar surface area (TPSA) is 77.9 Å². The molecule has 0 aromatic heterocycles. The largest absolute Gasteiger partial charge is 0.481 e. The van der Waals surface area contributed by atoms with Crippen LogP contribution in [0.4, 0.5) is 0 Å². The van der Waals surface area contributed by atoms with Crippen LogP contribution in [-0.2, 0) is 4.79 Å². The maximum Gasteiger partial charge on any atom is 0.308 e. The van der Waals surface area contributed by atoms with E-state index in [1.165, 1.54) is 4.90 Å². The highest BCUT2D eigenvalue weighted by Crippen LogP contribution is 2.26. The number of rotatable bonds is 3. The van der Waals surface area contributed by atoms with Crippen molar-refractivity contribution < 1.29 is 19.5 Å². The van der Waals surface area contributed by atoms with Crippen LogP contribution in [0.3, 0.4) is 0 Å². The average molecular weight is 288 g/mol. The van der Waals surface area contributed by atoms with Crippen molar-refractivity contribution in [1.82, 2.24) is 9.80 Å². The third kappa shape index (κ3) is 2.21. The molecule has 21 heavy (non-hydrogen) atoms. The molecule has 2 atom stereocenters. The Balaban J connectivity index is 1.75. The maximum absolute atomic E-state index is 12.3. The molecule has 2 heterocycles. The zero-order valence-electron chi connectivity index (χ0n) is 11.7. The summed E-state index contributed by atoms with van der Waals surface area (Å²) in [7, 11) is 0. The number of carboxylic acids is 1. The highest BCUT2D eigenvalue weighted by molar-refractivity contribution is 6.21. The molecule has 2 unspecified atom stereocenters. The number of nitrogens with zero attached hydrogens (tertiary/aromatic N) is 2. The van der Waals surface area contributed by atoms with Crippen LogP contribution in [0.5, 0.6) is 0 Å². The Bertz CT molecular complexity index is 593. The van der Waals surface area contributed by atoms with E-state index in [1.54, 1.807) is 24.3 Å². The van der Waals surface area contributed by atoms with Gasteiger partial charge >= 0.3 is 5.97 Å². The molecule has 110 valence electrons. The molecule has 2 amide bonds. The van der Waals surface area contributed by atoms with Crippen molar-refractivity contribution in [3.8, 4) is 0 Å². The predicted octanol–water partition coefficient (Wildman–Crippen LogP) is 0.893. The summed E-state index contributed by atoms with van der Waals surface area (Å²) in [4.78, 5) is 38.7. The fraction of sp³-hybridized carbons (Fsp3) is 0.400. The molecular formula is C15H16N2O4. The van der Waals surface area contributed by atoms with Gasteiger partial charge in [0.15, 0.2) is 0 Å². The van der Waals surface area contributed by atoms with Gasteiger partial charge in [0.2, 0.25) is 0 Å². The second-order valence-corrected chi connectivity index (χ2v) is 5.68. The molecule has 3 rings (SSSR count). The first-order chi connectivity index (χ1) is 9.99. The van der Waals surface area contributed by atoms with E-state index in [4.69, 9.17) is 5.11 Å². The molecule has 0 spiro atoms. The number of hydrogen-bond acceptors (Lipinski definition) is 4. The number of fused-ring (bicyclic) bond motifs is 1. The first-order valence-corrected chi connectivity index (χ1v) is 6.89. The molecule has 0 radical (unpaired) electrons. The molecule has 0 saturated carbocycles. The number of likely N-dealkylation sites (tertiary alicyclic amines) is 1. The third-order valence-corrected chi connectivity index (χ3v) is 4.22. The summed E-state index contributed by atoms with van der Waals surface area (Å²) in [5.41, 5.74) is 0.842. The Kier molecular flexibility index (Phi) is 3.25. The van der Waals surface area contributed by atoms with E-state index in [9.17, 15) is 14.4 Å². The number of carbonyl (C=O) groups is 3. The van der Waals surface area contributed by atoms with Gasteiger partial charge in [-0.15, -0.1) is 0 Å². The minimum Gasteiger partial charge on any atom is -0.481 e. The lowest BCUT2D eigenvalue weighted by molar-refractivity contribution is -0.142. The van der Waals surface area contributed by atoms with Crippen LogP contribution in [0.15, 0.2) is 24.3 Å². The summed E-state index contributed by atoms with van der Waals surface area (Å²) in [6.07, 6.45) is 0. The Morgan fingerprint density at radius 1 is 1.19 bits per heavy atom. The highest BCUT2D eigenvalue weighted by Gasteiger charge is 2.40. The van der Waals surface area contributed by atoms with E-state index >= 15 is 0 Å². The summed E-state index contributed by atoms with van der Waals surface area (Å²) in [6, 6.07) is 6.74. The minimum atomic E-state index is -0.827. The van der Waals surface area contributed by atoms with Crippen LogP contribution in [0.25, 0.3) is 0 Å². The molecule has 2 aliphatic rings. The summed E-state index contributed by atoms with van der Waals surface area (Å²) in [5, 5.41) is 9.13. The van der Waals surface area contributed by atoms with Gasteiger partial charge in [0.1, 0.15) is 0 Å². The van der Waals surface area contributed by atoms with Crippen molar-refractivity contribution in [2.45, 2.75) is 6.92 Å². The van der Waals surface area contributed by atoms with E-state index in [-0.39, 0.29) is 24.4 Å². The summed E-state index contributed by atoms with van der Waals surface area (Å²) >= 11 is 0. The van der Waals surface area contributed by atoms with Gasteiger partial charge in [-0.2, -0.15) is 0 Å². The van der Waals surface area contributed by atoms with E-state index in [0.29, 0.717) is 24.2 Å². The molecule has 2 aliphatic heterocycles. The highest BCUT2D eigenvalue weighted by atomic mass is 16.4.